The summed E-state index contributed by atoms with van der Waals surface area (Å²) in [6.07, 6.45) is 2.02. The molecule has 2 aromatic heterocycles. The predicted octanol–water partition coefficient (Wildman–Crippen LogP) is 0.325. The number of sulfone groups is 1. The molecular formula is C20H19FN6O5S. The van der Waals surface area contributed by atoms with E-state index < -0.39 is 43.3 Å². The molecule has 0 atom stereocenters. The summed E-state index contributed by atoms with van der Waals surface area (Å²) < 4.78 is 40.2. The molecule has 2 N–H and O–H groups in total. The number of carbonyl (C=O) groups excluding carboxylic acids is 1. The number of carbonyl (C=O) groups is 1. The standard InChI is InChI=1S/C20H19FN6O5S/c1-11-23-10-27(25-11)14-8-13(21)3-2-12(14)9-22-17(29)15-16(28)18(30)26-6-7-33(31,32)20(4-5-20)19(26)24-15/h2-3,8,10,28H,4-7,9H2,1H3,(H,22,29). The summed E-state index contributed by atoms with van der Waals surface area (Å²) in [6, 6.07) is 3.92. The van der Waals surface area contributed by atoms with Crippen LogP contribution in [0.1, 0.15) is 40.5 Å². The summed E-state index contributed by atoms with van der Waals surface area (Å²) in [5.74, 6) is -1.98. The fourth-order valence-corrected chi connectivity index (χ4v) is 6.04. The van der Waals surface area contributed by atoms with Crippen LogP contribution in [0.25, 0.3) is 5.69 Å². The van der Waals surface area contributed by atoms with Crippen LogP contribution in [0.3, 0.4) is 0 Å². The van der Waals surface area contributed by atoms with E-state index in [-0.39, 0.29) is 24.7 Å². The fraction of sp³-hybridized carbons (Fsp3) is 0.350. The Morgan fingerprint density at radius 2 is 2.09 bits per heavy atom. The van der Waals surface area contributed by atoms with Crippen LogP contribution in [0.4, 0.5) is 4.39 Å². The number of hydrogen-bond acceptors (Lipinski definition) is 8. The van der Waals surface area contributed by atoms with E-state index in [0.717, 1.165) is 4.57 Å². The lowest BCUT2D eigenvalue weighted by Gasteiger charge is -2.26. The topological polar surface area (TPSA) is 149 Å². The first-order valence-corrected chi connectivity index (χ1v) is 11.8. The largest absolute Gasteiger partial charge is 0.501 e. The van der Waals surface area contributed by atoms with Crippen molar-refractivity contribution in [1.29, 1.82) is 0 Å². The summed E-state index contributed by atoms with van der Waals surface area (Å²) in [5.41, 5.74) is -0.562. The molecule has 1 aromatic carbocycles. The van der Waals surface area contributed by atoms with Crippen LogP contribution in [0.5, 0.6) is 5.75 Å². The van der Waals surface area contributed by atoms with Crippen LogP contribution in [-0.4, -0.2) is 49.5 Å². The highest BCUT2D eigenvalue weighted by Crippen LogP contribution is 2.53. The first kappa shape index (κ1) is 21.2. The normalized spacial score (nSPS) is 17.5. The Hall–Kier alpha value is -3.61. The van der Waals surface area contributed by atoms with Gasteiger partial charge in [0.25, 0.3) is 11.5 Å². The van der Waals surface area contributed by atoms with E-state index in [1.165, 1.54) is 29.2 Å². The van der Waals surface area contributed by atoms with E-state index in [1.54, 1.807) is 6.92 Å². The van der Waals surface area contributed by atoms with Crippen molar-refractivity contribution in [3.05, 3.63) is 63.6 Å². The second-order valence-electron chi connectivity index (χ2n) is 8.09. The van der Waals surface area contributed by atoms with Crippen molar-refractivity contribution in [3.63, 3.8) is 0 Å². The summed E-state index contributed by atoms with van der Waals surface area (Å²) >= 11 is 0. The Kier molecular flexibility index (Phi) is 4.64. The highest BCUT2D eigenvalue weighted by molar-refractivity contribution is 7.92. The predicted molar refractivity (Wildman–Crippen MR) is 112 cm³/mol. The molecule has 1 aliphatic heterocycles. The smallest absolute Gasteiger partial charge is 0.296 e. The lowest BCUT2D eigenvalue weighted by atomic mass is 10.1. The number of halogens is 1. The van der Waals surface area contributed by atoms with E-state index in [0.29, 0.717) is 29.9 Å². The van der Waals surface area contributed by atoms with E-state index in [4.69, 9.17) is 0 Å². The lowest BCUT2D eigenvalue weighted by Crippen LogP contribution is -2.42. The molecule has 1 fully saturated rings. The molecule has 1 amide bonds. The molecule has 0 saturated heterocycles. The fourth-order valence-electron chi connectivity index (χ4n) is 4.07. The Balaban J connectivity index is 1.47. The van der Waals surface area contributed by atoms with Gasteiger partial charge >= 0.3 is 0 Å². The number of nitrogens with one attached hydrogen (secondary N) is 1. The van der Waals surface area contributed by atoms with Gasteiger partial charge in [0.05, 0.1) is 11.4 Å². The zero-order chi connectivity index (χ0) is 23.5. The van der Waals surface area contributed by atoms with Crippen molar-refractivity contribution in [2.45, 2.75) is 37.6 Å². The molecule has 3 aromatic rings. The van der Waals surface area contributed by atoms with Crippen molar-refractivity contribution in [1.82, 2.24) is 29.6 Å². The molecule has 0 radical (unpaired) electrons. The third kappa shape index (κ3) is 3.30. The van der Waals surface area contributed by atoms with Gasteiger partial charge in [-0.1, -0.05) is 6.07 Å². The van der Waals surface area contributed by atoms with E-state index in [9.17, 15) is 27.5 Å². The third-order valence-electron chi connectivity index (χ3n) is 5.99. The van der Waals surface area contributed by atoms with Crippen molar-refractivity contribution in [3.8, 4) is 11.4 Å². The van der Waals surface area contributed by atoms with Crippen LogP contribution in [0.15, 0.2) is 29.3 Å². The minimum absolute atomic E-state index is 0.0118. The Labute approximate surface area is 186 Å². The van der Waals surface area contributed by atoms with Crippen molar-refractivity contribution >= 4 is 15.7 Å². The quantitative estimate of drug-likeness (QED) is 0.549. The Morgan fingerprint density at radius 3 is 2.76 bits per heavy atom. The molecule has 0 bridgehead atoms. The molecule has 2 aliphatic rings. The number of aryl methyl sites for hydroxylation is 1. The number of amides is 1. The van der Waals surface area contributed by atoms with Gasteiger partial charge in [-0.15, -0.1) is 0 Å². The molecule has 3 heterocycles. The highest BCUT2D eigenvalue weighted by atomic mass is 32.2. The average Bonchev–Trinajstić information content (AvgIpc) is 3.47. The maximum absolute atomic E-state index is 13.8. The molecule has 13 heteroatoms. The first-order valence-electron chi connectivity index (χ1n) is 10.1. The third-order valence-corrected chi connectivity index (χ3v) is 8.49. The summed E-state index contributed by atoms with van der Waals surface area (Å²) in [6.45, 7) is 1.44. The van der Waals surface area contributed by atoms with Crippen molar-refractivity contribution < 1.29 is 22.7 Å². The molecule has 1 saturated carbocycles. The Bertz CT molecular complexity index is 1470. The second-order valence-corrected chi connectivity index (χ2v) is 10.5. The van der Waals surface area contributed by atoms with E-state index >= 15 is 0 Å². The average molecular weight is 474 g/mol. The van der Waals surface area contributed by atoms with Crippen LogP contribution in [-0.2, 0) is 27.7 Å². The monoisotopic (exact) mass is 474 g/mol. The van der Waals surface area contributed by atoms with Gasteiger partial charge in [-0.3, -0.25) is 14.2 Å². The van der Waals surface area contributed by atoms with Gasteiger partial charge in [0.2, 0.25) is 5.75 Å². The highest BCUT2D eigenvalue weighted by Gasteiger charge is 2.60. The van der Waals surface area contributed by atoms with Crippen LogP contribution in [0.2, 0.25) is 0 Å². The number of nitrogens with zero attached hydrogens (tertiary/aromatic N) is 5. The summed E-state index contributed by atoms with van der Waals surface area (Å²) in [5, 5.41) is 17.0. The molecule has 0 unspecified atom stereocenters. The molecule has 172 valence electrons. The number of aromatic hydroxyl groups is 1. The minimum atomic E-state index is -3.52. The van der Waals surface area contributed by atoms with Gasteiger partial charge < -0.3 is 10.4 Å². The second kappa shape index (κ2) is 7.20. The number of fused-ring (bicyclic) bond motifs is 2. The molecule has 33 heavy (non-hydrogen) atoms. The number of hydrogen-bond donors (Lipinski definition) is 2. The lowest BCUT2D eigenvalue weighted by molar-refractivity contribution is 0.0941. The molecular weight excluding hydrogens is 455 g/mol. The number of benzene rings is 1. The minimum Gasteiger partial charge on any atom is -0.501 e. The van der Waals surface area contributed by atoms with Gasteiger partial charge in [-0.05, 0) is 37.5 Å². The van der Waals surface area contributed by atoms with Gasteiger partial charge in [0.15, 0.2) is 15.5 Å². The first-order chi connectivity index (χ1) is 15.6. The molecule has 1 aliphatic carbocycles. The van der Waals surface area contributed by atoms with Crippen LogP contribution >= 0.6 is 0 Å². The van der Waals surface area contributed by atoms with Crippen molar-refractivity contribution in [2.24, 2.45) is 0 Å². The zero-order valence-electron chi connectivity index (χ0n) is 17.4. The van der Waals surface area contributed by atoms with Gasteiger partial charge in [-0.25, -0.2) is 27.5 Å². The molecule has 1 spiro atoms. The SMILES string of the molecule is Cc1ncn(-c2cc(F)ccc2CNC(=O)c2nc3n(c(=O)c2O)CCS(=O)(=O)C32CC2)n1. The number of aromatic nitrogens is 5. The van der Waals surface area contributed by atoms with Gasteiger partial charge in [-0.2, -0.15) is 5.10 Å². The van der Waals surface area contributed by atoms with E-state index in [2.05, 4.69) is 20.4 Å². The van der Waals surface area contributed by atoms with Crippen LogP contribution < -0.4 is 10.9 Å². The maximum Gasteiger partial charge on any atom is 0.296 e. The number of rotatable bonds is 4. The zero-order valence-corrected chi connectivity index (χ0v) is 18.3. The summed E-state index contributed by atoms with van der Waals surface area (Å²) in [7, 11) is -3.52. The molecule has 11 nitrogen and oxygen atoms in total. The maximum atomic E-state index is 13.8. The van der Waals surface area contributed by atoms with Gasteiger partial charge in [0, 0.05) is 13.1 Å². The van der Waals surface area contributed by atoms with Crippen LogP contribution in [0, 0.1) is 12.7 Å². The van der Waals surface area contributed by atoms with E-state index in [1.807, 2.05) is 0 Å². The van der Waals surface area contributed by atoms with Gasteiger partial charge in [0.1, 0.15) is 28.5 Å². The molecule has 5 rings (SSSR count). The Morgan fingerprint density at radius 1 is 1.33 bits per heavy atom. The van der Waals surface area contributed by atoms with Crippen molar-refractivity contribution in [2.75, 3.05) is 5.75 Å². The summed E-state index contributed by atoms with van der Waals surface area (Å²) in [4.78, 5) is 33.6.